The quantitative estimate of drug-likeness (QED) is 0.0344. The molecule has 6 heteroatoms. The fourth-order valence-electron chi connectivity index (χ4n) is 8.52. The van der Waals surface area contributed by atoms with Gasteiger partial charge in [0, 0.05) is 19.3 Å². The Labute approximate surface area is 387 Å². The fraction of sp³-hybridized carbons (Fsp3) is 0.946. The van der Waals surface area contributed by atoms with Gasteiger partial charge in [0.2, 0.25) is 0 Å². The number of esters is 3. The molecule has 0 rings (SSSR count). The molecular formula is C56H108O6. The van der Waals surface area contributed by atoms with Gasteiger partial charge in [0.25, 0.3) is 0 Å². The van der Waals surface area contributed by atoms with Crippen molar-refractivity contribution in [2.24, 2.45) is 11.8 Å². The Kier molecular flexibility index (Phi) is 47.6. The van der Waals surface area contributed by atoms with Crippen molar-refractivity contribution in [1.29, 1.82) is 0 Å². The minimum absolute atomic E-state index is 0.0632. The predicted octanol–water partition coefficient (Wildman–Crippen LogP) is 18.1. The maximum absolute atomic E-state index is 12.8. The normalized spacial score (nSPS) is 12.0. The maximum atomic E-state index is 12.8. The van der Waals surface area contributed by atoms with Crippen LogP contribution >= 0.6 is 0 Å². The van der Waals surface area contributed by atoms with Crippen molar-refractivity contribution in [1.82, 2.24) is 0 Å². The maximum Gasteiger partial charge on any atom is 0.306 e. The molecule has 0 fully saturated rings. The Morgan fingerprint density at radius 2 is 0.532 bits per heavy atom. The molecule has 1 atom stereocenters. The lowest BCUT2D eigenvalue weighted by molar-refractivity contribution is -0.167. The van der Waals surface area contributed by atoms with Gasteiger partial charge in [-0.05, 0) is 31.1 Å². The van der Waals surface area contributed by atoms with Crippen LogP contribution in [0.1, 0.15) is 311 Å². The van der Waals surface area contributed by atoms with Gasteiger partial charge in [0.1, 0.15) is 13.2 Å². The average Bonchev–Trinajstić information content (AvgIpc) is 3.24. The van der Waals surface area contributed by atoms with E-state index in [2.05, 4.69) is 34.6 Å². The standard InChI is InChI=1S/C56H108O6/c1-6-7-8-9-10-11-20-27-33-38-43-48-56(59)62-53(50-61-55(58)47-42-37-32-28-23-25-30-35-40-45-52(4)5)49-60-54(57)46-41-36-31-26-22-19-17-15-13-12-14-16-18-21-24-29-34-39-44-51(2)3/h51-53H,6-50H2,1-5H3/t53-/m0/s1. The van der Waals surface area contributed by atoms with Gasteiger partial charge >= 0.3 is 17.9 Å². The molecule has 0 N–H and O–H groups in total. The number of carbonyl (C=O) groups excluding carboxylic acids is 3. The van der Waals surface area contributed by atoms with Crippen molar-refractivity contribution in [3.05, 3.63) is 0 Å². The predicted molar refractivity (Wildman–Crippen MR) is 266 cm³/mol. The summed E-state index contributed by atoms with van der Waals surface area (Å²) < 4.78 is 16.8. The molecule has 0 unspecified atom stereocenters. The van der Waals surface area contributed by atoms with E-state index < -0.39 is 6.10 Å². The lowest BCUT2D eigenvalue weighted by Gasteiger charge is -2.18. The Hall–Kier alpha value is -1.59. The van der Waals surface area contributed by atoms with Gasteiger partial charge in [0.15, 0.2) is 6.10 Å². The fourth-order valence-corrected chi connectivity index (χ4v) is 8.52. The van der Waals surface area contributed by atoms with Crippen LogP contribution in [0.15, 0.2) is 0 Å². The molecule has 0 aliphatic carbocycles. The number of unbranched alkanes of at least 4 members (excludes halogenated alkanes) is 35. The molecule has 0 aliphatic heterocycles. The molecule has 0 aromatic rings. The number of rotatable bonds is 50. The second kappa shape index (κ2) is 48.9. The van der Waals surface area contributed by atoms with Crippen LogP contribution in [0.2, 0.25) is 0 Å². The van der Waals surface area contributed by atoms with Gasteiger partial charge in [0.05, 0.1) is 0 Å². The van der Waals surface area contributed by atoms with E-state index in [-0.39, 0.29) is 31.1 Å². The zero-order valence-electron chi connectivity index (χ0n) is 42.5. The van der Waals surface area contributed by atoms with E-state index in [1.165, 1.54) is 199 Å². The zero-order valence-corrected chi connectivity index (χ0v) is 42.5. The molecule has 0 aliphatic rings. The summed E-state index contributed by atoms with van der Waals surface area (Å²) in [5, 5.41) is 0. The summed E-state index contributed by atoms with van der Waals surface area (Å²) in [5.74, 6) is 0.822. The highest BCUT2D eigenvalue weighted by molar-refractivity contribution is 5.71. The Bertz CT molecular complexity index is 947. The molecule has 0 aromatic carbocycles. The monoisotopic (exact) mass is 877 g/mol. The summed E-state index contributed by atoms with van der Waals surface area (Å²) in [5.41, 5.74) is 0. The molecule has 368 valence electrons. The summed E-state index contributed by atoms with van der Waals surface area (Å²) in [7, 11) is 0. The highest BCUT2D eigenvalue weighted by atomic mass is 16.6. The van der Waals surface area contributed by atoms with Crippen LogP contribution < -0.4 is 0 Å². The van der Waals surface area contributed by atoms with E-state index in [0.29, 0.717) is 19.3 Å². The highest BCUT2D eigenvalue weighted by Gasteiger charge is 2.19. The zero-order chi connectivity index (χ0) is 45.4. The molecule has 0 saturated heterocycles. The van der Waals surface area contributed by atoms with E-state index in [1.54, 1.807) is 0 Å². The largest absolute Gasteiger partial charge is 0.462 e. The van der Waals surface area contributed by atoms with Crippen molar-refractivity contribution < 1.29 is 28.6 Å². The second-order valence-corrected chi connectivity index (χ2v) is 20.2. The third-order valence-corrected chi connectivity index (χ3v) is 12.7. The van der Waals surface area contributed by atoms with Crippen LogP contribution in [-0.4, -0.2) is 37.2 Å². The molecule has 0 saturated carbocycles. The SMILES string of the molecule is CCCCCCCCCCCCCC(=O)O[C@@H](COC(=O)CCCCCCCCCCCCCCCCCCCCC(C)C)COC(=O)CCCCCCCCCCCC(C)C. The first kappa shape index (κ1) is 60.4. The van der Waals surface area contributed by atoms with Crippen LogP contribution in [0.5, 0.6) is 0 Å². The van der Waals surface area contributed by atoms with Gasteiger partial charge < -0.3 is 14.2 Å². The van der Waals surface area contributed by atoms with Gasteiger partial charge in [-0.25, -0.2) is 0 Å². The first-order valence-electron chi connectivity index (χ1n) is 27.7. The summed E-state index contributed by atoms with van der Waals surface area (Å²) in [6, 6.07) is 0. The number of hydrogen-bond acceptors (Lipinski definition) is 6. The minimum Gasteiger partial charge on any atom is -0.462 e. The Morgan fingerprint density at radius 1 is 0.306 bits per heavy atom. The third kappa shape index (κ3) is 49.4. The second-order valence-electron chi connectivity index (χ2n) is 20.2. The molecule has 0 spiro atoms. The van der Waals surface area contributed by atoms with Gasteiger partial charge in [-0.3, -0.25) is 14.4 Å². The molecule has 0 radical (unpaired) electrons. The first-order valence-corrected chi connectivity index (χ1v) is 27.7. The van der Waals surface area contributed by atoms with Crippen molar-refractivity contribution >= 4 is 17.9 Å². The van der Waals surface area contributed by atoms with Crippen LogP contribution in [0.3, 0.4) is 0 Å². The third-order valence-electron chi connectivity index (χ3n) is 12.7. The van der Waals surface area contributed by atoms with Crippen LogP contribution in [0, 0.1) is 11.8 Å². The lowest BCUT2D eigenvalue weighted by atomic mass is 10.0. The smallest absolute Gasteiger partial charge is 0.306 e. The highest BCUT2D eigenvalue weighted by Crippen LogP contribution is 2.18. The number of ether oxygens (including phenoxy) is 3. The molecule has 0 amide bonds. The van der Waals surface area contributed by atoms with Gasteiger partial charge in [-0.1, -0.05) is 272 Å². The topological polar surface area (TPSA) is 78.9 Å². The minimum atomic E-state index is -0.761. The van der Waals surface area contributed by atoms with E-state index in [4.69, 9.17) is 14.2 Å². The van der Waals surface area contributed by atoms with Crippen LogP contribution in [0.4, 0.5) is 0 Å². The van der Waals surface area contributed by atoms with Crippen molar-refractivity contribution in [2.75, 3.05) is 13.2 Å². The molecular weight excluding hydrogens is 769 g/mol. The summed E-state index contributed by atoms with van der Waals surface area (Å²) in [6.07, 6.45) is 51.0. The van der Waals surface area contributed by atoms with Crippen molar-refractivity contribution in [3.63, 3.8) is 0 Å². The van der Waals surface area contributed by atoms with Gasteiger partial charge in [-0.2, -0.15) is 0 Å². The molecule has 0 bridgehead atoms. The van der Waals surface area contributed by atoms with Crippen LogP contribution in [0.25, 0.3) is 0 Å². The summed E-state index contributed by atoms with van der Waals surface area (Å²) in [4.78, 5) is 38.0. The average molecular weight is 877 g/mol. The van der Waals surface area contributed by atoms with Gasteiger partial charge in [-0.15, -0.1) is 0 Å². The number of hydrogen-bond donors (Lipinski definition) is 0. The van der Waals surface area contributed by atoms with E-state index >= 15 is 0 Å². The van der Waals surface area contributed by atoms with E-state index in [9.17, 15) is 14.4 Å². The molecule has 0 heterocycles. The summed E-state index contributed by atoms with van der Waals surface area (Å²) in [6.45, 7) is 11.4. The molecule has 0 aromatic heterocycles. The Balaban J connectivity index is 4.20. The van der Waals surface area contributed by atoms with E-state index in [1.807, 2.05) is 0 Å². The molecule has 62 heavy (non-hydrogen) atoms. The molecule has 6 nitrogen and oxygen atoms in total. The summed E-state index contributed by atoms with van der Waals surface area (Å²) >= 11 is 0. The number of carbonyl (C=O) groups is 3. The lowest BCUT2D eigenvalue weighted by Crippen LogP contribution is -2.30. The van der Waals surface area contributed by atoms with Crippen LogP contribution in [-0.2, 0) is 28.6 Å². The van der Waals surface area contributed by atoms with E-state index in [0.717, 1.165) is 69.6 Å². The van der Waals surface area contributed by atoms with Crippen molar-refractivity contribution in [2.45, 2.75) is 317 Å². The van der Waals surface area contributed by atoms with Crippen molar-refractivity contribution in [3.8, 4) is 0 Å². The first-order chi connectivity index (χ1) is 30.2. The Morgan fingerprint density at radius 3 is 0.790 bits per heavy atom.